The summed E-state index contributed by atoms with van der Waals surface area (Å²) in [5.41, 5.74) is 1.42. The molecule has 1 aliphatic rings. The van der Waals surface area contributed by atoms with Crippen molar-refractivity contribution in [2.24, 2.45) is 5.92 Å². The van der Waals surface area contributed by atoms with Crippen molar-refractivity contribution < 1.29 is 9.59 Å². The fourth-order valence-corrected chi connectivity index (χ4v) is 5.37. The molecule has 0 radical (unpaired) electrons. The highest BCUT2D eigenvalue weighted by Crippen LogP contribution is 2.65. The van der Waals surface area contributed by atoms with Crippen LogP contribution < -0.4 is 5.32 Å². The van der Waals surface area contributed by atoms with E-state index in [4.69, 9.17) is 58.0 Å². The van der Waals surface area contributed by atoms with Gasteiger partial charge in [-0.25, -0.2) is 0 Å². The molecule has 166 valence electrons. The molecular weight excluding hydrogens is 522 g/mol. The average Bonchev–Trinajstić information content (AvgIpc) is 3.28. The van der Waals surface area contributed by atoms with Crippen LogP contribution in [0.25, 0.3) is 0 Å². The third-order valence-electron chi connectivity index (χ3n) is 5.02. The molecule has 1 aliphatic carbocycles. The molecule has 1 fully saturated rings. The van der Waals surface area contributed by atoms with Crippen molar-refractivity contribution >= 4 is 87.3 Å². The van der Waals surface area contributed by atoms with Gasteiger partial charge < -0.3 is 10.2 Å². The molecule has 0 unspecified atom stereocenters. The molecule has 4 nitrogen and oxygen atoms in total. The summed E-state index contributed by atoms with van der Waals surface area (Å²) in [5.74, 6) is -0.956. The number of carbonyl (C=O) groups is 2. The van der Waals surface area contributed by atoms with Crippen molar-refractivity contribution in [1.82, 2.24) is 4.90 Å². The molecular formula is C21H19Cl5N2O2S. The van der Waals surface area contributed by atoms with Crippen LogP contribution in [0.1, 0.15) is 21.8 Å². The lowest BCUT2D eigenvalue weighted by molar-refractivity contribution is -0.117. The van der Waals surface area contributed by atoms with Crippen molar-refractivity contribution in [3.8, 4) is 0 Å². The number of alkyl halides is 2. The normalized spacial score (nSPS) is 19.1. The highest BCUT2D eigenvalue weighted by molar-refractivity contribution is 7.98. The van der Waals surface area contributed by atoms with Crippen LogP contribution in [0.2, 0.25) is 15.1 Å². The van der Waals surface area contributed by atoms with E-state index >= 15 is 0 Å². The van der Waals surface area contributed by atoms with Crippen LogP contribution in [-0.4, -0.2) is 46.6 Å². The van der Waals surface area contributed by atoms with E-state index in [2.05, 4.69) is 5.32 Å². The molecule has 2 atom stereocenters. The first kappa shape index (κ1) is 24.8. The smallest absolute Gasteiger partial charge is 0.255 e. The molecule has 0 heterocycles. The number of thioether (sulfide) groups is 1. The fraction of sp³-hybridized carbons (Fsp3) is 0.333. The lowest BCUT2D eigenvalue weighted by Gasteiger charge is -2.18. The van der Waals surface area contributed by atoms with E-state index in [0.717, 1.165) is 5.75 Å². The number of benzene rings is 2. The summed E-state index contributed by atoms with van der Waals surface area (Å²) in [6.07, 6.45) is 1.97. The van der Waals surface area contributed by atoms with Gasteiger partial charge >= 0.3 is 0 Å². The second kappa shape index (κ2) is 9.98. The van der Waals surface area contributed by atoms with Gasteiger partial charge in [-0.1, -0.05) is 34.8 Å². The van der Waals surface area contributed by atoms with Crippen molar-refractivity contribution in [3.05, 3.63) is 62.6 Å². The van der Waals surface area contributed by atoms with Gasteiger partial charge in [0.25, 0.3) is 5.91 Å². The topological polar surface area (TPSA) is 49.4 Å². The number of anilines is 1. The lowest BCUT2D eigenvalue weighted by atomic mass is 10.1. The van der Waals surface area contributed by atoms with Crippen LogP contribution in [0.15, 0.2) is 36.4 Å². The molecule has 2 aromatic carbocycles. The second-order valence-corrected chi connectivity index (χ2v) is 10.9. The fourth-order valence-electron chi connectivity index (χ4n) is 3.34. The Balaban J connectivity index is 1.77. The van der Waals surface area contributed by atoms with E-state index in [0.29, 0.717) is 38.4 Å². The highest BCUT2D eigenvalue weighted by Gasteiger charge is 2.67. The average molecular weight is 541 g/mol. The number of halogens is 5. The first-order valence-corrected chi connectivity index (χ1v) is 12.5. The van der Waals surface area contributed by atoms with E-state index in [9.17, 15) is 9.59 Å². The van der Waals surface area contributed by atoms with Crippen LogP contribution in [0, 0.1) is 5.92 Å². The summed E-state index contributed by atoms with van der Waals surface area (Å²) >= 11 is 32.8. The molecule has 2 amide bonds. The van der Waals surface area contributed by atoms with Gasteiger partial charge in [-0.15, -0.1) is 23.2 Å². The first-order valence-electron chi connectivity index (χ1n) is 9.25. The van der Waals surface area contributed by atoms with Crippen LogP contribution in [-0.2, 0) is 4.79 Å². The lowest BCUT2D eigenvalue weighted by Crippen LogP contribution is -2.29. The molecule has 2 aromatic rings. The minimum absolute atomic E-state index is 0.225. The molecule has 1 N–H and O–H groups in total. The molecule has 31 heavy (non-hydrogen) atoms. The van der Waals surface area contributed by atoms with Gasteiger partial charge in [0.15, 0.2) is 0 Å². The van der Waals surface area contributed by atoms with Gasteiger partial charge in [0, 0.05) is 41.0 Å². The second-order valence-electron chi connectivity index (χ2n) is 7.24. The Kier molecular flexibility index (Phi) is 7.99. The Morgan fingerprint density at radius 1 is 1.10 bits per heavy atom. The van der Waals surface area contributed by atoms with Gasteiger partial charge in [0.05, 0.1) is 16.5 Å². The zero-order valence-electron chi connectivity index (χ0n) is 16.6. The maximum absolute atomic E-state index is 12.9. The highest BCUT2D eigenvalue weighted by atomic mass is 35.5. The van der Waals surface area contributed by atoms with Gasteiger partial charge in [-0.3, -0.25) is 9.59 Å². The molecule has 1 saturated carbocycles. The zero-order valence-corrected chi connectivity index (χ0v) is 21.2. The van der Waals surface area contributed by atoms with Crippen LogP contribution in [0.5, 0.6) is 0 Å². The van der Waals surface area contributed by atoms with Gasteiger partial charge in [0.1, 0.15) is 4.33 Å². The van der Waals surface area contributed by atoms with Gasteiger partial charge in [-0.05, 0) is 48.2 Å². The number of nitrogens with zero attached hydrogens (tertiary/aromatic N) is 1. The number of hydrogen-bond donors (Lipinski definition) is 1. The molecule has 10 heteroatoms. The molecule has 0 bridgehead atoms. The summed E-state index contributed by atoms with van der Waals surface area (Å²) in [4.78, 5) is 27.2. The molecule has 0 spiro atoms. The predicted octanol–water partition coefficient (Wildman–Crippen LogP) is 6.61. The molecule has 0 aliphatic heterocycles. The SMILES string of the molecule is CSCCN(C)C(=O)c1cc(NC(=O)[C@H]2[C@H](c3cc(Cl)cc(Cl)c3)C2(Cl)Cl)ccc1Cl. The van der Waals surface area contributed by atoms with Crippen molar-refractivity contribution in [2.45, 2.75) is 10.3 Å². The Bertz CT molecular complexity index is 997. The summed E-state index contributed by atoms with van der Waals surface area (Å²) in [5, 5.41) is 3.96. The van der Waals surface area contributed by atoms with E-state index in [1.165, 1.54) is 0 Å². The minimum atomic E-state index is -1.29. The summed E-state index contributed by atoms with van der Waals surface area (Å²) in [6, 6.07) is 9.72. The Morgan fingerprint density at radius 2 is 1.74 bits per heavy atom. The van der Waals surface area contributed by atoms with Gasteiger partial charge in [0.2, 0.25) is 5.91 Å². The van der Waals surface area contributed by atoms with Gasteiger partial charge in [-0.2, -0.15) is 11.8 Å². The maximum Gasteiger partial charge on any atom is 0.255 e. The third kappa shape index (κ3) is 5.58. The number of rotatable bonds is 7. The van der Waals surface area contributed by atoms with Crippen molar-refractivity contribution in [1.29, 1.82) is 0 Å². The summed E-state index contributed by atoms with van der Waals surface area (Å²) < 4.78 is -1.29. The number of nitrogens with one attached hydrogen (secondary N) is 1. The van der Waals surface area contributed by atoms with Crippen LogP contribution in [0.3, 0.4) is 0 Å². The zero-order chi connectivity index (χ0) is 22.9. The third-order valence-corrected chi connectivity index (χ3v) is 7.32. The quantitative estimate of drug-likeness (QED) is 0.402. The number of hydrogen-bond acceptors (Lipinski definition) is 3. The molecule has 0 saturated heterocycles. The van der Waals surface area contributed by atoms with Crippen LogP contribution >= 0.6 is 69.8 Å². The van der Waals surface area contributed by atoms with E-state index in [1.807, 2.05) is 6.26 Å². The minimum Gasteiger partial charge on any atom is -0.341 e. The van der Waals surface area contributed by atoms with E-state index < -0.39 is 16.2 Å². The van der Waals surface area contributed by atoms with E-state index in [-0.39, 0.29) is 11.8 Å². The number of amides is 2. The standard InChI is InChI=1S/C21H19Cl5N2O2S/c1-28(5-6-31-2)20(30)15-10-14(3-4-16(15)24)27-19(29)18-17(21(18,25)26)11-7-12(22)9-13(23)8-11/h3-4,7-10,17-18H,5-6H2,1-2H3,(H,27,29)/t17-,18+/m0/s1. The molecule has 3 rings (SSSR count). The summed E-state index contributed by atoms with van der Waals surface area (Å²) in [6.45, 7) is 0.583. The van der Waals surface area contributed by atoms with Crippen LogP contribution in [0.4, 0.5) is 5.69 Å². The Morgan fingerprint density at radius 3 is 2.35 bits per heavy atom. The number of carbonyl (C=O) groups excluding carboxylic acids is 2. The predicted molar refractivity (Wildman–Crippen MR) is 133 cm³/mol. The Labute approximate surface area is 210 Å². The van der Waals surface area contributed by atoms with E-state index in [1.54, 1.807) is 60.1 Å². The van der Waals surface area contributed by atoms with Crippen molar-refractivity contribution in [2.75, 3.05) is 30.9 Å². The first-order chi connectivity index (χ1) is 14.6. The Hall–Kier alpha value is -0.820. The van der Waals surface area contributed by atoms with Crippen molar-refractivity contribution in [3.63, 3.8) is 0 Å². The largest absolute Gasteiger partial charge is 0.341 e. The summed E-state index contributed by atoms with van der Waals surface area (Å²) in [7, 11) is 1.71. The maximum atomic E-state index is 12.9. The molecule has 0 aromatic heterocycles. The monoisotopic (exact) mass is 538 g/mol.